The number of imide groups is 1. The van der Waals surface area contributed by atoms with Crippen molar-refractivity contribution in [3.05, 3.63) is 47.7 Å². The van der Waals surface area contributed by atoms with E-state index in [0.29, 0.717) is 29.3 Å². The average Bonchev–Trinajstić information content (AvgIpc) is 3.64. The predicted octanol–water partition coefficient (Wildman–Crippen LogP) is 5.14. The van der Waals surface area contributed by atoms with Crippen LogP contribution in [0.2, 0.25) is 0 Å². The lowest BCUT2D eigenvalue weighted by Gasteiger charge is -2.42. The minimum absolute atomic E-state index is 0.112. The summed E-state index contributed by atoms with van der Waals surface area (Å²) in [7, 11) is 1.22. The molecule has 13 nitrogen and oxygen atoms in total. The Kier molecular flexibility index (Phi) is 9.46. The molecule has 50 heavy (non-hydrogen) atoms. The molecular weight excluding hydrogens is 652 g/mol. The number of alkyl halides is 2. The van der Waals surface area contributed by atoms with E-state index in [0.717, 1.165) is 17.7 Å². The SMILES string of the molecule is CCn1nccc1C(=O)N[C@H](c1cn2nc(C[C@@]3(C(=O)OC)CC(C4CC4)CN(C(=O)OC(C)(C)C)C3=O)ccc2n1)C1CCC(F)(F)CC1. The number of hydrogen-bond donors (Lipinski definition) is 1. The second-order valence-electron chi connectivity index (χ2n) is 14.9. The van der Waals surface area contributed by atoms with Crippen LogP contribution in [0.25, 0.3) is 5.65 Å². The predicted molar refractivity (Wildman–Crippen MR) is 175 cm³/mol. The van der Waals surface area contributed by atoms with Crippen molar-refractivity contribution in [3.63, 3.8) is 0 Å². The summed E-state index contributed by atoms with van der Waals surface area (Å²) in [6, 6.07) is 4.27. The summed E-state index contributed by atoms with van der Waals surface area (Å²) < 4.78 is 42.2. The Labute approximate surface area is 289 Å². The van der Waals surface area contributed by atoms with E-state index in [9.17, 15) is 28.0 Å². The van der Waals surface area contributed by atoms with Crippen LogP contribution >= 0.6 is 0 Å². The van der Waals surface area contributed by atoms with Gasteiger partial charge in [0.1, 0.15) is 11.3 Å². The summed E-state index contributed by atoms with van der Waals surface area (Å²) >= 11 is 0. The largest absolute Gasteiger partial charge is 0.468 e. The first-order valence-electron chi connectivity index (χ1n) is 17.3. The van der Waals surface area contributed by atoms with Crippen LogP contribution in [0, 0.1) is 23.2 Å². The van der Waals surface area contributed by atoms with Gasteiger partial charge in [0.15, 0.2) is 11.1 Å². The number of fused-ring (bicyclic) bond motifs is 1. The minimum atomic E-state index is -2.76. The normalized spacial score (nSPS) is 23.5. The molecule has 3 aliphatic rings. The van der Waals surface area contributed by atoms with Crippen molar-refractivity contribution in [1.82, 2.24) is 34.6 Å². The third-order valence-corrected chi connectivity index (χ3v) is 10.1. The Morgan fingerprint density at radius 2 is 1.80 bits per heavy atom. The molecule has 15 heteroatoms. The monoisotopic (exact) mass is 697 g/mol. The zero-order chi connectivity index (χ0) is 36.0. The van der Waals surface area contributed by atoms with Crippen LogP contribution in [0.4, 0.5) is 13.6 Å². The van der Waals surface area contributed by atoms with Crippen LogP contribution in [0.1, 0.15) is 101 Å². The number of aryl methyl sites for hydroxylation is 1. The molecule has 3 atom stereocenters. The van der Waals surface area contributed by atoms with Crippen LogP contribution in [0.3, 0.4) is 0 Å². The number of amides is 3. The molecule has 0 radical (unpaired) electrons. The van der Waals surface area contributed by atoms with Gasteiger partial charge >= 0.3 is 12.1 Å². The van der Waals surface area contributed by atoms with E-state index in [4.69, 9.17) is 19.6 Å². The number of nitrogens with zero attached hydrogens (tertiary/aromatic N) is 6. The van der Waals surface area contributed by atoms with E-state index >= 15 is 0 Å². The van der Waals surface area contributed by atoms with Gasteiger partial charge in [-0.15, -0.1) is 0 Å². The lowest BCUT2D eigenvalue weighted by atomic mass is 9.70. The zero-order valence-electron chi connectivity index (χ0n) is 29.2. The third-order valence-electron chi connectivity index (χ3n) is 10.1. The van der Waals surface area contributed by atoms with Gasteiger partial charge < -0.3 is 14.8 Å². The first-order valence-corrected chi connectivity index (χ1v) is 17.3. The summed E-state index contributed by atoms with van der Waals surface area (Å²) in [6.07, 6.45) is 4.11. The van der Waals surface area contributed by atoms with Crippen LogP contribution < -0.4 is 5.32 Å². The summed E-state index contributed by atoms with van der Waals surface area (Å²) in [6.45, 7) is 7.64. The van der Waals surface area contributed by atoms with E-state index in [2.05, 4.69) is 10.4 Å². The molecule has 3 aromatic heterocycles. The molecule has 270 valence electrons. The molecule has 6 rings (SSSR count). The van der Waals surface area contributed by atoms with Gasteiger partial charge in [-0.05, 0) is 95.8 Å². The lowest BCUT2D eigenvalue weighted by Crippen LogP contribution is -2.59. The molecular formula is C35H45F2N7O6. The number of nitrogens with one attached hydrogen (secondary N) is 1. The molecule has 1 unspecified atom stereocenters. The van der Waals surface area contributed by atoms with Crippen LogP contribution in [-0.4, -0.2) is 78.3 Å². The van der Waals surface area contributed by atoms with Gasteiger partial charge in [-0.1, -0.05) is 0 Å². The molecule has 3 fully saturated rings. The summed E-state index contributed by atoms with van der Waals surface area (Å²) in [5, 5.41) is 11.9. The number of imidazole rings is 1. The van der Waals surface area contributed by atoms with Crippen LogP contribution in [-0.2, 0) is 32.0 Å². The molecule has 1 saturated heterocycles. The van der Waals surface area contributed by atoms with Crippen molar-refractivity contribution in [2.45, 2.75) is 103 Å². The first-order chi connectivity index (χ1) is 23.6. The zero-order valence-corrected chi connectivity index (χ0v) is 29.2. The number of methoxy groups -OCH3 is 1. The molecule has 1 aliphatic heterocycles. The van der Waals surface area contributed by atoms with Crippen LogP contribution in [0.15, 0.2) is 30.6 Å². The molecule has 3 aromatic rings. The van der Waals surface area contributed by atoms with Gasteiger partial charge in [0.25, 0.3) is 5.91 Å². The number of likely N-dealkylation sites (tertiary alicyclic amines) is 1. The maximum Gasteiger partial charge on any atom is 0.417 e. The highest BCUT2D eigenvalue weighted by Gasteiger charge is 2.58. The van der Waals surface area contributed by atoms with Crippen molar-refractivity contribution in [2.75, 3.05) is 13.7 Å². The topological polar surface area (TPSA) is 150 Å². The van der Waals surface area contributed by atoms with Gasteiger partial charge in [0.2, 0.25) is 11.8 Å². The Morgan fingerprint density at radius 1 is 1.08 bits per heavy atom. The number of ether oxygens (including phenoxy) is 2. The number of rotatable bonds is 9. The summed E-state index contributed by atoms with van der Waals surface area (Å²) in [5.74, 6) is -4.74. The second kappa shape index (κ2) is 13.4. The Bertz CT molecular complexity index is 1770. The van der Waals surface area contributed by atoms with Gasteiger partial charge in [-0.2, -0.15) is 10.2 Å². The number of halogens is 2. The van der Waals surface area contributed by atoms with Gasteiger partial charge in [-0.3, -0.25) is 19.1 Å². The highest BCUT2D eigenvalue weighted by atomic mass is 19.3. The second-order valence-corrected chi connectivity index (χ2v) is 14.9. The fourth-order valence-corrected chi connectivity index (χ4v) is 7.43. The summed E-state index contributed by atoms with van der Waals surface area (Å²) in [5.41, 5.74) is -0.967. The smallest absolute Gasteiger partial charge is 0.417 e. The standard InChI is InChI=1S/C35H45F2N7O6/c1-6-43-26(13-16-38-43)29(45)40-28(22-11-14-35(36,37)15-12-22)25-20-44-27(39-25)10-9-24(41-44)18-34(31(47)49-5)17-23(21-7-8-21)19-42(30(34)46)32(48)50-33(2,3)4/h9-10,13,16,20-23,28H,6-8,11-12,14-15,17-19H2,1-5H3,(H,40,45)/t23?,28-,34-/m0/s1. The minimum Gasteiger partial charge on any atom is -0.468 e. The molecule has 4 heterocycles. The first kappa shape index (κ1) is 35.4. The van der Waals surface area contributed by atoms with E-state index < -0.39 is 46.9 Å². The maximum absolute atomic E-state index is 14.2. The Morgan fingerprint density at radius 3 is 2.44 bits per heavy atom. The molecule has 0 aromatic carbocycles. The fourth-order valence-electron chi connectivity index (χ4n) is 7.43. The van der Waals surface area contributed by atoms with E-state index in [1.807, 2.05) is 6.92 Å². The molecule has 3 amide bonds. The number of esters is 1. The van der Waals surface area contributed by atoms with E-state index in [1.165, 1.54) is 17.8 Å². The highest BCUT2D eigenvalue weighted by molar-refractivity contribution is 6.08. The number of carbonyl (C=O) groups is 4. The number of carbonyl (C=O) groups excluding carboxylic acids is 4. The summed E-state index contributed by atoms with van der Waals surface area (Å²) in [4.78, 5) is 60.3. The van der Waals surface area contributed by atoms with Crippen molar-refractivity contribution in [1.29, 1.82) is 0 Å². The molecule has 0 bridgehead atoms. The van der Waals surface area contributed by atoms with Crippen molar-refractivity contribution in [2.24, 2.45) is 23.2 Å². The number of hydrogen-bond acceptors (Lipinski definition) is 9. The maximum atomic E-state index is 14.2. The van der Waals surface area contributed by atoms with Gasteiger partial charge in [0, 0.05) is 38.5 Å². The fraction of sp³-hybridized carbons (Fsp3) is 0.629. The lowest BCUT2D eigenvalue weighted by molar-refractivity contribution is -0.168. The van der Waals surface area contributed by atoms with Crippen molar-refractivity contribution < 1.29 is 37.4 Å². The van der Waals surface area contributed by atoms with Gasteiger partial charge in [-0.25, -0.2) is 28.0 Å². The van der Waals surface area contributed by atoms with Crippen LogP contribution in [0.5, 0.6) is 0 Å². The quantitative estimate of drug-likeness (QED) is 0.237. The van der Waals surface area contributed by atoms with E-state index in [-0.39, 0.29) is 62.8 Å². The average molecular weight is 698 g/mol. The van der Waals surface area contributed by atoms with E-state index in [1.54, 1.807) is 49.8 Å². The van der Waals surface area contributed by atoms with Crippen molar-refractivity contribution in [3.8, 4) is 0 Å². The number of aromatic nitrogens is 5. The van der Waals surface area contributed by atoms with Crippen molar-refractivity contribution >= 4 is 29.5 Å². The Balaban J connectivity index is 1.32. The molecule has 2 aliphatic carbocycles. The molecule has 0 spiro atoms. The Hall–Kier alpha value is -4.43. The highest BCUT2D eigenvalue weighted by Crippen LogP contribution is 2.48. The molecule has 2 saturated carbocycles. The van der Waals surface area contributed by atoms with Gasteiger partial charge in [0.05, 0.1) is 30.7 Å². The third kappa shape index (κ3) is 7.22. The number of piperidine rings is 1. The molecule has 1 N–H and O–H groups in total.